The molecule has 3 fully saturated rings. The number of carbonyl (C=O) groups is 1. The lowest BCUT2D eigenvalue weighted by Crippen LogP contribution is -2.44. The molecule has 5 heteroatoms. The summed E-state index contributed by atoms with van der Waals surface area (Å²) in [6.07, 6.45) is 4.71. The molecule has 4 aliphatic rings. The third-order valence-corrected chi connectivity index (χ3v) is 5.47. The number of allylic oxidation sites excluding steroid dienone is 1. The maximum absolute atomic E-state index is 13.0. The Morgan fingerprint density at radius 2 is 2.00 bits per heavy atom. The van der Waals surface area contributed by atoms with E-state index in [9.17, 15) is 4.79 Å². The maximum atomic E-state index is 13.0. The Morgan fingerprint density at radius 3 is 2.84 bits per heavy atom. The zero-order valence-electron chi connectivity index (χ0n) is 15.0. The number of piperidine rings is 1. The van der Waals surface area contributed by atoms with Crippen molar-refractivity contribution in [1.29, 1.82) is 0 Å². The fourth-order valence-corrected chi connectivity index (χ4v) is 4.08. The number of fused-ring (bicyclic) bond motifs is 5. The fourth-order valence-electron chi connectivity index (χ4n) is 4.08. The number of nitrogens with zero attached hydrogens (tertiary/aromatic N) is 2. The predicted octanol–water partition coefficient (Wildman–Crippen LogP) is 2.92. The van der Waals surface area contributed by atoms with Gasteiger partial charge in [0.1, 0.15) is 0 Å². The first kappa shape index (κ1) is 16.5. The third kappa shape index (κ3) is 3.38. The van der Waals surface area contributed by atoms with Gasteiger partial charge in [0, 0.05) is 37.8 Å². The molecular formula is C20H26N2O3. The lowest BCUT2D eigenvalue weighted by molar-refractivity contribution is 0.0740. The van der Waals surface area contributed by atoms with Crippen LogP contribution in [0.4, 0.5) is 0 Å². The summed E-state index contributed by atoms with van der Waals surface area (Å²) in [6, 6.07) is 5.97. The summed E-state index contributed by atoms with van der Waals surface area (Å²) in [5.41, 5.74) is 2.05. The van der Waals surface area contributed by atoms with Crippen LogP contribution in [-0.4, -0.2) is 54.7 Å². The van der Waals surface area contributed by atoms with Crippen molar-refractivity contribution in [1.82, 2.24) is 9.80 Å². The summed E-state index contributed by atoms with van der Waals surface area (Å²) in [7, 11) is 0. The number of carbonyl (C=O) groups excluding carboxylic acids is 1. The molecule has 0 N–H and O–H groups in total. The highest BCUT2D eigenvalue weighted by atomic mass is 16.7. The first-order valence-electron chi connectivity index (χ1n) is 9.16. The molecule has 2 bridgehead atoms. The Balaban J connectivity index is 1.50. The Hall–Kier alpha value is -2.01. The van der Waals surface area contributed by atoms with Gasteiger partial charge < -0.3 is 14.4 Å². The van der Waals surface area contributed by atoms with Crippen molar-refractivity contribution in [3.8, 4) is 11.5 Å². The van der Waals surface area contributed by atoms with Gasteiger partial charge in [-0.15, -0.1) is 0 Å². The van der Waals surface area contributed by atoms with E-state index in [1.165, 1.54) is 18.4 Å². The van der Waals surface area contributed by atoms with E-state index < -0.39 is 0 Å². The summed E-state index contributed by atoms with van der Waals surface area (Å²) < 4.78 is 10.8. The van der Waals surface area contributed by atoms with E-state index in [2.05, 4.69) is 24.8 Å². The topological polar surface area (TPSA) is 42.0 Å². The minimum atomic E-state index is 0.110. The first-order valence-corrected chi connectivity index (χ1v) is 9.16. The number of hydrogen-bond acceptors (Lipinski definition) is 4. The molecule has 1 amide bonds. The van der Waals surface area contributed by atoms with Crippen molar-refractivity contribution in [2.75, 3.05) is 33.0 Å². The number of rotatable bonds is 3. The lowest BCUT2D eigenvalue weighted by atomic mass is 9.95. The summed E-state index contributed by atoms with van der Waals surface area (Å²) in [4.78, 5) is 17.6. The molecule has 0 saturated carbocycles. The smallest absolute Gasteiger partial charge is 0.254 e. The molecule has 3 saturated heterocycles. The average Bonchev–Trinajstić information content (AvgIpc) is 2.89. The summed E-state index contributed by atoms with van der Waals surface area (Å²) in [5.74, 6) is 2.08. The van der Waals surface area contributed by atoms with Gasteiger partial charge in [0.25, 0.3) is 5.91 Å². The molecule has 134 valence electrons. The lowest BCUT2D eigenvalue weighted by Gasteiger charge is -2.35. The minimum Gasteiger partial charge on any atom is -0.454 e. The van der Waals surface area contributed by atoms with E-state index in [1.807, 2.05) is 23.1 Å². The molecule has 1 aromatic carbocycles. The van der Waals surface area contributed by atoms with E-state index in [-0.39, 0.29) is 12.7 Å². The Morgan fingerprint density at radius 1 is 1.16 bits per heavy atom. The van der Waals surface area contributed by atoms with Gasteiger partial charge in [0.15, 0.2) is 11.5 Å². The molecular weight excluding hydrogens is 316 g/mol. The minimum absolute atomic E-state index is 0.110. The van der Waals surface area contributed by atoms with Crippen molar-refractivity contribution >= 4 is 5.91 Å². The molecule has 5 rings (SSSR count). The molecule has 0 radical (unpaired) electrons. The van der Waals surface area contributed by atoms with Gasteiger partial charge in [0.2, 0.25) is 6.79 Å². The normalized spacial score (nSPS) is 25.0. The molecule has 0 aliphatic carbocycles. The zero-order valence-corrected chi connectivity index (χ0v) is 15.0. The summed E-state index contributed by atoms with van der Waals surface area (Å²) >= 11 is 0. The van der Waals surface area contributed by atoms with Crippen molar-refractivity contribution in [3.63, 3.8) is 0 Å². The quantitative estimate of drug-likeness (QED) is 0.792. The second-order valence-electron chi connectivity index (χ2n) is 7.61. The van der Waals surface area contributed by atoms with Gasteiger partial charge in [-0.3, -0.25) is 9.69 Å². The van der Waals surface area contributed by atoms with E-state index in [0.717, 1.165) is 31.9 Å². The average molecular weight is 342 g/mol. The van der Waals surface area contributed by atoms with Crippen LogP contribution in [0.5, 0.6) is 11.5 Å². The van der Waals surface area contributed by atoms with Gasteiger partial charge in [-0.2, -0.15) is 0 Å². The second-order valence-corrected chi connectivity index (χ2v) is 7.61. The number of ether oxygens (including phenoxy) is 2. The van der Waals surface area contributed by atoms with Crippen LogP contribution in [0.15, 0.2) is 29.8 Å². The largest absolute Gasteiger partial charge is 0.454 e. The van der Waals surface area contributed by atoms with Crippen molar-refractivity contribution in [2.45, 2.75) is 32.7 Å². The standard InChI is InChI=1S/C20H26N2O3/c1-14(2)7-8-21-10-15-3-5-17(21)12-22(11-15)20(23)16-4-6-18-19(9-16)25-13-24-18/h4,6-7,9,15,17H,3,5,8,10-13H2,1-2H3/t15-,17-/m0/s1. The van der Waals surface area contributed by atoms with Crippen molar-refractivity contribution < 1.29 is 14.3 Å². The van der Waals surface area contributed by atoms with E-state index in [1.54, 1.807) is 0 Å². The molecule has 25 heavy (non-hydrogen) atoms. The zero-order chi connectivity index (χ0) is 17.4. The highest BCUT2D eigenvalue weighted by Gasteiger charge is 2.36. The molecule has 0 unspecified atom stereocenters. The van der Waals surface area contributed by atoms with Crippen LogP contribution >= 0.6 is 0 Å². The van der Waals surface area contributed by atoms with Crippen LogP contribution in [0.1, 0.15) is 37.0 Å². The highest BCUT2D eigenvalue weighted by molar-refractivity contribution is 5.95. The van der Waals surface area contributed by atoms with Crippen LogP contribution < -0.4 is 9.47 Å². The van der Waals surface area contributed by atoms with Gasteiger partial charge in [-0.25, -0.2) is 0 Å². The van der Waals surface area contributed by atoms with Crippen LogP contribution in [0, 0.1) is 5.92 Å². The second kappa shape index (κ2) is 6.71. The molecule has 2 atom stereocenters. The fraction of sp³-hybridized carbons (Fsp3) is 0.550. The van der Waals surface area contributed by atoms with Crippen LogP contribution in [0.2, 0.25) is 0 Å². The number of amides is 1. The predicted molar refractivity (Wildman–Crippen MR) is 96.0 cm³/mol. The van der Waals surface area contributed by atoms with E-state index in [4.69, 9.17) is 9.47 Å². The van der Waals surface area contributed by atoms with E-state index >= 15 is 0 Å². The highest BCUT2D eigenvalue weighted by Crippen LogP contribution is 2.34. The Labute approximate surface area is 149 Å². The van der Waals surface area contributed by atoms with Crippen LogP contribution in [-0.2, 0) is 0 Å². The van der Waals surface area contributed by atoms with Gasteiger partial charge in [-0.05, 0) is 50.8 Å². The van der Waals surface area contributed by atoms with Crippen LogP contribution in [0.25, 0.3) is 0 Å². The molecule has 4 heterocycles. The third-order valence-electron chi connectivity index (χ3n) is 5.47. The maximum Gasteiger partial charge on any atom is 0.254 e. The monoisotopic (exact) mass is 342 g/mol. The van der Waals surface area contributed by atoms with E-state index in [0.29, 0.717) is 23.3 Å². The molecule has 0 spiro atoms. The van der Waals surface area contributed by atoms with Crippen molar-refractivity contribution in [3.05, 3.63) is 35.4 Å². The molecule has 4 aliphatic heterocycles. The molecule has 1 aromatic rings. The number of benzene rings is 1. The van der Waals surface area contributed by atoms with Crippen LogP contribution in [0.3, 0.4) is 0 Å². The van der Waals surface area contributed by atoms with Gasteiger partial charge >= 0.3 is 0 Å². The SMILES string of the molecule is CC(C)=CCN1C[C@@H]2CC[C@H]1CN(C(=O)c1ccc3c(c1)OCO3)C2. The van der Waals surface area contributed by atoms with Gasteiger partial charge in [0.05, 0.1) is 0 Å². The van der Waals surface area contributed by atoms with Crippen molar-refractivity contribution in [2.24, 2.45) is 5.92 Å². The molecule has 5 nitrogen and oxygen atoms in total. The Bertz CT molecular complexity index is 696. The summed E-state index contributed by atoms with van der Waals surface area (Å²) in [5, 5.41) is 0. The first-order chi connectivity index (χ1) is 12.1. The number of hydrogen-bond donors (Lipinski definition) is 0. The Kier molecular flexibility index (Phi) is 4.42. The summed E-state index contributed by atoms with van der Waals surface area (Å²) in [6.45, 7) is 8.29. The molecule has 0 aromatic heterocycles. The van der Waals surface area contributed by atoms with Gasteiger partial charge in [-0.1, -0.05) is 11.6 Å².